The van der Waals surface area contributed by atoms with E-state index in [1.165, 1.54) is 12.0 Å². The van der Waals surface area contributed by atoms with Crippen molar-refractivity contribution in [2.45, 2.75) is 98.9 Å². The van der Waals surface area contributed by atoms with Crippen LogP contribution >= 0.6 is 0 Å². The van der Waals surface area contributed by atoms with Crippen molar-refractivity contribution >= 4 is 23.9 Å². The van der Waals surface area contributed by atoms with Crippen LogP contribution in [0.4, 0.5) is 4.79 Å². The Kier molecular flexibility index (Phi) is 11.2. The summed E-state index contributed by atoms with van der Waals surface area (Å²) >= 11 is 0. The third-order valence-electron chi connectivity index (χ3n) is 5.36. The van der Waals surface area contributed by atoms with Crippen LogP contribution in [0.1, 0.15) is 84.5 Å². The summed E-state index contributed by atoms with van der Waals surface area (Å²) in [6.07, 6.45) is -0.368. The summed E-state index contributed by atoms with van der Waals surface area (Å²) in [6, 6.07) is 3.67. The molecule has 0 aromatic heterocycles. The smallest absolute Gasteiger partial charge is 0.408 e. The summed E-state index contributed by atoms with van der Waals surface area (Å²) in [6.45, 7) is 18.1. The number of methoxy groups -OCH3 is 1. The minimum Gasteiger partial charge on any atom is -0.468 e. The average molecular weight is 520 g/mol. The van der Waals surface area contributed by atoms with Gasteiger partial charge in [-0.2, -0.15) is 0 Å². The van der Waals surface area contributed by atoms with E-state index in [2.05, 4.69) is 15.4 Å². The highest BCUT2D eigenvalue weighted by atomic mass is 16.6. The lowest BCUT2D eigenvalue weighted by Crippen LogP contribution is -2.59. The van der Waals surface area contributed by atoms with Crippen LogP contribution in [-0.4, -0.2) is 59.6 Å². The normalized spacial score (nSPS) is 13.4. The van der Waals surface area contributed by atoms with E-state index in [1.807, 2.05) is 66.7 Å². The molecule has 9 heteroatoms. The van der Waals surface area contributed by atoms with E-state index < -0.39 is 47.1 Å². The number of hydrogen-bond donors (Lipinski definition) is 2. The fourth-order valence-electron chi connectivity index (χ4n) is 4.07. The van der Waals surface area contributed by atoms with E-state index in [-0.39, 0.29) is 12.5 Å². The van der Waals surface area contributed by atoms with Gasteiger partial charge in [0.05, 0.1) is 7.11 Å². The van der Waals surface area contributed by atoms with Crippen molar-refractivity contribution in [2.75, 3.05) is 13.7 Å². The molecule has 0 saturated heterocycles. The molecule has 0 spiro atoms. The van der Waals surface area contributed by atoms with Crippen LogP contribution in [0.15, 0.2) is 18.2 Å². The van der Waals surface area contributed by atoms with Gasteiger partial charge in [-0.3, -0.25) is 14.4 Å². The quantitative estimate of drug-likeness (QED) is 0.473. The number of rotatable bonds is 9. The van der Waals surface area contributed by atoms with Gasteiger partial charge >= 0.3 is 12.1 Å². The molecule has 208 valence electrons. The Balaban J connectivity index is 3.62. The molecular formula is C28H45N3O6. The second-order valence-electron chi connectivity index (χ2n) is 11.8. The number of carbonyl (C=O) groups is 4. The van der Waals surface area contributed by atoms with Crippen LogP contribution in [-0.2, 0) is 23.9 Å². The first-order valence-electron chi connectivity index (χ1n) is 12.6. The van der Waals surface area contributed by atoms with Crippen molar-refractivity contribution in [3.63, 3.8) is 0 Å². The maximum Gasteiger partial charge on any atom is 0.408 e. The summed E-state index contributed by atoms with van der Waals surface area (Å²) in [7, 11) is 1.24. The highest BCUT2D eigenvalue weighted by molar-refractivity contribution is 5.93. The van der Waals surface area contributed by atoms with E-state index in [0.29, 0.717) is 12.0 Å². The minimum absolute atomic E-state index is 0.0681. The highest BCUT2D eigenvalue weighted by Crippen LogP contribution is 2.32. The fraction of sp³-hybridized carbons (Fsp3) is 0.643. The van der Waals surface area contributed by atoms with Crippen LogP contribution in [0.2, 0.25) is 0 Å². The number of carbonyl (C=O) groups excluding carboxylic acids is 4. The molecule has 0 bridgehead atoms. The van der Waals surface area contributed by atoms with Gasteiger partial charge in [0.25, 0.3) is 0 Å². The van der Waals surface area contributed by atoms with E-state index >= 15 is 0 Å². The molecule has 2 unspecified atom stereocenters. The first-order valence-corrected chi connectivity index (χ1v) is 12.6. The van der Waals surface area contributed by atoms with Crippen molar-refractivity contribution in [1.82, 2.24) is 15.5 Å². The van der Waals surface area contributed by atoms with Gasteiger partial charge in [0.2, 0.25) is 11.8 Å². The van der Waals surface area contributed by atoms with Crippen molar-refractivity contribution in [3.8, 4) is 0 Å². The van der Waals surface area contributed by atoms with E-state index in [9.17, 15) is 19.2 Å². The first kappa shape index (κ1) is 31.9. The summed E-state index contributed by atoms with van der Waals surface area (Å²) in [5.74, 6) is -1.49. The van der Waals surface area contributed by atoms with Crippen LogP contribution in [0.5, 0.6) is 0 Å². The summed E-state index contributed by atoms with van der Waals surface area (Å²) in [5.41, 5.74) is 0.880. The lowest BCUT2D eigenvalue weighted by atomic mass is 9.92. The van der Waals surface area contributed by atoms with Gasteiger partial charge < -0.3 is 25.0 Å². The third-order valence-corrected chi connectivity index (χ3v) is 5.36. The average Bonchev–Trinajstić information content (AvgIpc) is 2.71. The summed E-state index contributed by atoms with van der Waals surface area (Å²) in [4.78, 5) is 53.7. The molecule has 0 heterocycles. The van der Waals surface area contributed by atoms with Crippen LogP contribution in [0.25, 0.3) is 0 Å². The SMILES string of the molecule is COC(=O)CNC(=O)C(c1cc(C)cc(C)c1)N(C(=O)C(CC(C)C)NC(=O)OC(C)(C)C)C(C)(C)C. The summed E-state index contributed by atoms with van der Waals surface area (Å²) in [5, 5.41) is 5.34. The largest absolute Gasteiger partial charge is 0.468 e. The zero-order chi connectivity index (χ0) is 28.7. The number of nitrogens with zero attached hydrogens (tertiary/aromatic N) is 1. The van der Waals surface area contributed by atoms with Gasteiger partial charge in [-0.15, -0.1) is 0 Å². The van der Waals surface area contributed by atoms with Crippen LogP contribution in [0.3, 0.4) is 0 Å². The zero-order valence-corrected chi connectivity index (χ0v) is 24.3. The van der Waals surface area contributed by atoms with E-state index in [0.717, 1.165) is 11.1 Å². The van der Waals surface area contributed by atoms with Crippen molar-refractivity contribution in [3.05, 3.63) is 34.9 Å². The molecule has 0 aliphatic carbocycles. The number of alkyl carbamates (subject to hydrolysis) is 1. The molecule has 37 heavy (non-hydrogen) atoms. The van der Waals surface area contributed by atoms with Gasteiger partial charge in [-0.1, -0.05) is 43.2 Å². The molecular weight excluding hydrogens is 474 g/mol. The second kappa shape index (κ2) is 12.9. The van der Waals surface area contributed by atoms with E-state index in [4.69, 9.17) is 4.74 Å². The van der Waals surface area contributed by atoms with Gasteiger partial charge in [0.1, 0.15) is 24.2 Å². The zero-order valence-electron chi connectivity index (χ0n) is 24.3. The predicted octanol–water partition coefficient (Wildman–Crippen LogP) is 4.20. The van der Waals surface area contributed by atoms with Gasteiger partial charge in [-0.25, -0.2) is 4.79 Å². The molecule has 1 aromatic carbocycles. The number of ether oxygens (including phenoxy) is 2. The molecule has 2 N–H and O–H groups in total. The number of esters is 1. The van der Waals surface area contributed by atoms with Gasteiger partial charge in [0, 0.05) is 5.54 Å². The van der Waals surface area contributed by atoms with Crippen molar-refractivity contribution in [2.24, 2.45) is 5.92 Å². The molecule has 9 nitrogen and oxygen atoms in total. The van der Waals surface area contributed by atoms with Crippen LogP contribution < -0.4 is 10.6 Å². The summed E-state index contributed by atoms with van der Waals surface area (Å²) < 4.78 is 10.1. The molecule has 3 amide bonds. The monoisotopic (exact) mass is 519 g/mol. The molecule has 0 aliphatic heterocycles. The third kappa shape index (κ3) is 10.4. The Morgan fingerprint density at radius 2 is 1.49 bits per heavy atom. The minimum atomic E-state index is -1.06. The lowest BCUT2D eigenvalue weighted by Gasteiger charge is -2.43. The highest BCUT2D eigenvalue weighted by Gasteiger charge is 2.42. The Bertz CT molecular complexity index is 955. The predicted molar refractivity (Wildman–Crippen MR) is 143 cm³/mol. The number of benzene rings is 1. The molecule has 0 aliphatic rings. The molecule has 0 fully saturated rings. The number of hydrogen-bond acceptors (Lipinski definition) is 6. The van der Waals surface area contributed by atoms with E-state index in [1.54, 1.807) is 20.8 Å². The molecule has 1 aromatic rings. The number of aryl methyl sites for hydroxylation is 2. The maximum absolute atomic E-state index is 14.2. The Hall–Kier alpha value is -3.10. The first-order chi connectivity index (χ1) is 16.9. The van der Waals surface area contributed by atoms with Gasteiger partial charge in [-0.05, 0) is 73.3 Å². The second-order valence-corrected chi connectivity index (χ2v) is 11.8. The van der Waals surface area contributed by atoms with Crippen molar-refractivity contribution in [1.29, 1.82) is 0 Å². The Labute approximate surface area is 221 Å². The van der Waals surface area contributed by atoms with Gasteiger partial charge in [0.15, 0.2) is 0 Å². The van der Waals surface area contributed by atoms with Crippen molar-refractivity contribution < 1.29 is 28.7 Å². The topological polar surface area (TPSA) is 114 Å². The molecule has 0 saturated carbocycles. The number of nitrogens with one attached hydrogen (secondary N) is 2. The molecule has 2 atom stereocenters. The fourth-order valence-corrected chi connectivity index (χ4v) is 4.07. The molecule has 0 radical (unpaired) electrons. The Morgan fingerprint density at radius 3 is 1.92 bits per heavy atom. The van der Waals surface area contributed by atoms with Crippen LogP contribution in [0, 0.1) is 19.8 Å². The maximum atomic E-state index is 14.2. The Morgan fingerprint density at radius 1 is 0.946 bits per heavy atom. The molecule has 1 rings (SSSR count). The number of amides is 3. The lowest BCUT2D eigenvalue weighted by molar-refractivity contribution is -0.149. The standard InChI is InChI=1S/C28H45N3O6/c1-17(2)12-21(30-26(35)37-28(8,9)10)25(34)31(27(5,6)7)23(24(33)29-16-22(32)36-11)20-14-18(3)13-19(4)15-20/h13-15,17,21,23H,12,16H2,1-11H3,(H,29,33)(H,30,35).